The average molecular weight is 578 g/mol. The molecule has 1 atom stereocenters. The molecule has 214 valence electrons. The molecule has 0 spiro atoms. The Hall–Kier alpha value is -4.44. The van der Waals surface area contributed by atoms with Gasteiger partial charge in [-0.2, -0.15) is 4.98 Å². The molecule has 1 aliphatic heterocycles. The van der Waals surface area contributed by atoms with E-state index in [1.807, 2.05) is 6.07 Å². The minimum absolute atomic E-state index is 0.0767. The Morgan fingerprint density at radius 3 is 2.51 bits per heavy atom. The van der Waals surface area contributed by atoms with Crippen LogP contribution in [-0.4, -0.2) is 71.5 Å². The number of hydrogen-bond acceptors (Lipinski definition) is 7. The monoisotopic (exact) mass is 577 g/mol. The predicted molar refractivity (Wildman–Crippen MR) is 154 cm³/mol. The second-order valence-electron chi connectivity index (χ2n) is 9.41. The van der Waals surface area contributed by atoms with E-state index in [9.17, 15) is 14.4 Å². The van der Waals surface area contributed by atoms with E-state index in [2.05, 4.69) is 20.6 Å². The first-order valence-corrected chi connectivity index (χ1v) is 13.6. The number of piperidine rings is 1. The number of benzene rings is 1. The van der Waals surface area contributed by atoms with Crippen molar-refractivity contribution >= 4 is 35.4 Å². The first-order valence-electron chi connectivity index (χ1n) is 13.3. The molecule has 2 N–H and O–H groups in total. The maximum Gasteiger partial charge on any atom is 0.244 e. The van der Waals surface area contributed by atoms with E-state index >= 15 is 0 Å². The zero-order valence-corrected chi connectivity index (χ0v) is 23.4. The van der Waals surface area contributed by atoms with Crippen molar-refractivity contribution in [1.29, 1.82) is 0 Å². The minimum atomic E-state index is -0.922. The highest BCUT2D eigenvalue weighted by atomic mass is 35.5. The molecule has 41 heavy (non-hydrogen) atoms. The summed E-state index contributed by atoms with van der Waals surface area (Å²) in [6, 6.07) is 16.7. The first-order chi connectivity index (χ1) is 19.9. The van der Waals surface area contributed by atoms with Crippen LogP contribution in [0.2, 0.25) is 5.02 Å². The van der Waals surface area contributed by atoms with Crippen molar-refractivity contribution in [1.82, 2.24) is 25.5 Å². The van der Waals surface area contributed by atoms with Gasteiger partial charge in [0.25, 0.3) is 0 Å². The largest absolute Gasteiger partial charge is 0.481 e. The van der Waals surface area contributed by atoms with Crippen LogP contribution in [0.25, 0.3) is 6.08 Å². The van der Waals surface area contributed by atoms with E-state index in [1.54, 1.807) is 78.9 Å². The summed E-state index contributed by atoms with van der Waals surface area (Å²) in [5, 5.41) is 6.00. The third-order valence-corrected chi connectivity index (χ3v) is 6.72. The molecule has 0 radical (unpaired) electrons. The zero-order valence-electron chi connectivity index (χ0n) is 22.7. The topological polar surface area (TPSA) is 123 Å². The van der Waals surface area contributed by atoms with Crippen molar-refractivity contribution in [2.75, 3.05) is 26.7 Å². The lowest BCUT2D eigenvalue weighted by Crippen LogP contribution is -2.51. The van der Waals surface area contributed by atoms with E-state index in [-0.39, 0.29) is 25.0 Å². The number of rotatable bonds is 11. The second-order valence-corrected chi connectivity index (χ2v) is 9.84. The van der Waals surface area contributed by atoms with Gasteiger partial charge in [-0.05, 0) is 35.9 Å². The molecule has 2 aromatic heterocycles. The van der Waals surface area contributed by atoms with Crippen LogP contribution in [0.4, 0.5) is 0 Å². The summed E-state index contributed by atoms with van der Waals surface area (Å²) in [5.41, 5.74) is 1.42. The van der Waals surface area contributed by atoms with Gasteiger partial charge in [0, 0.05) is 67.5 Å². The van der Waals surface area contributed by atoms with Gasteiger partial charge in [-0.25, -0.2) is 0 Å². The molecule has 0 unspecified atom stereocenters. The first kappa shape index (κ1) is 29.5. The Bertz CT molecular complexity index is 1340. The van der Waals surface area contributed by atoms with Crippen LogP contribution in [0.1, 0.15) is 24.1 Å². The summed E-state index contributed by atoms with van der Waals surface area (Å²) >= 11 is 5.91. The van der Waals surface area contributed by atoms with E-state index in [0.717, 1.165) is 5.56 Å². The van der Waals surface area contributed by atoms with Gasteiger partial charge < -0.3 is 25.0 Å². The summed E-state index contributed by atoms with van der Waals surface area (Å²) in [5.74, 6) is -0.178. The molecule has 4 rings (SSSR count). The number of methoxy groups -OCH3 is 1. The van der Waals surface area contributed by atoms with Gasteiger partial charge in [-0.15, -0.1) is 0 Å². The van der Waals surface area contributed by atoms with Crippen molar-refractivity contribution in [2.45, 2.75) is 31.4 Å². The number of carbonyl (C=O) groups excluding carboxylic acids is 3. The van der Waals surface area contributed by atoms with E-state index in [1.165, 1.54) is 6.08 Å². The number of carbonyl (C=O) groups is 3. The van der Waals surface area contributed by atoms with Crippen molar-refractivity contribution < 1.29 is 23.9 Å². The molecule has 3 heterocycles. The fraction of sp³-hybridized carbons (Fsp3) is 0.300. The van der Waals surface area contributed by atoms with Gasteiger partial charge in [0.1, 0.15) is 12.1 Å². The fourth-order valence-electron chi connectivity index (χ4n) is 4.27. The number of nitrogens with zero attached hydrogens (tertiary/aromatic N) is 3. The number of aromatic nitrogens is 2. The Morgan fingerprint density at radius 1 is 1.05 bits per heavy atom. The smallest absolute Gasteiger partial charge is 0.244 e. The molecule has 1 fully saturated rings. The Kier molecular flexibility index (Phi) is 10.7. The zero-order chi connectivity index (χ0) is 29.0. The average Bonchev–Trinajstić information content (AvgIpc) is 3.00. The highest BCUT2D eigenvalue weighted by Gasteiger charge is 2.26. The maximum absolute atomic E-state index is 13.1. The van der Waals surface area contributed by atoms with Crippen LogP contribution in [-0.2, 0) is 20.8 Å². The molecular weight excluding hydrogens is 546 g/mol. The molecule has 0 aliphatic carbocycles. The lowest BCUT2D eigenvalue weighted by Gasteiger charge is -2.32. The van der Waals surface area contributed by atoms with E-state index in [0.29, 0.717) is 48.4 Å². The van der Waals surface area contributed by atoms with E-state index < -0.39 is 17.9 Å². The number of nitrogens with one attached hydrogen (secondary N) is 2. The standard InChI is InChI=1S/C30H32ClN5O5/c1-40-27-6-4-7-28(35-27)41-24-14-17-36(18-15-24)29(38)20-33-30(39)25(19-23-5-2-3-16-32-23)34-26(37)13-10-21-8-11-22(31)12-9-21/h2-13,16,24-25H,14-15,17-20H2,1H3,(H,33,39)(H,34,37)/b13-10+/t25-/m0/s1. The summed E-state index contributed by atoms with van der Waals surface area (Å²) in [6.45, 7) is 0.802. The highest BCUT2D eigenvalue weighted by molar-refractivity contribution is 6.30. The third kappa shape index (κ3) is 9.32. The normalized spacial score (nSPS) is 14.3. The Balaban J connectivity index is 1.28. The molecule has 1 saturated heterocycles. The van der Waals surface area contributed by atoms with Gasteiger partial charge in [0.2, 0.25) is 29.5 Å². The minimum Gasteiger partial charge on any atom is -0.481 e. The van der Waals surface area contributed by atoms with Gasteiger partial charge in [-0.3, -0.25) is 19.4 Å². The SMILES string of the molecule is COc1cccc(OC2CCN(C(=O)CNC(=O)[C@H](Cc3ccccn3)NC(=O)/C=C/c3ccc(Cl)cc3)CC2)n1. The van der Waals surface area contributed by atoms with Gasteiger partial charge in [0.15, 0.2) is 0 Å². The number of ether oxygens (including phenoxy) is 2. The summed E-state index contributed by atoms with van der Waals surface area (Å²) in [6.07, 6.45) is 5.96. The van der Waals surface area contributed by atoms with Crippen molar-refractivity contribution in [3.8, 4) is 11.8 Å². The number of pyridine rings is 2. The van der Waals surface area contributed by atoms with Crippen LogP contribution >= 0.6 is 11.6 Å². The molecule has 1 aromatic carbocycles. The quantitative estimate of drug-likeness (QED) is 0.336. The Labute approximate surface area is 243 Å². The third-order valence-electron chi connectivity index (χ3n) is 6.47. The van der Waals surface area contributed by atoms with Crippen LogP contribution < -0.4 is 20.1 Å². The lowest BCUT2D eigenvalue weighted by molar-refractivity contribution is -0.135. The van der Waals surface area contributed by atoms with Crippen LogP contribution in [0.3, 0.4) is 0 Å². The van der Waals surface area contributed by atoms with Crippen molar-refractivity contribution in [2.24, 2.45) is 0 Å². The van der Waals surface area contributed by atoms with Gasteiger partial charge in [-0.1, -0.05) is 35.9 Å². The van der Waals surface area contributed by atoms with Gasteiger partial charge >= 0.3 is 0 Å². The van der Waals surface area contributed by atoms with Crippen molar-refractivity contribution in [3.05, 3.63) is 89.2 Å². The summed E-state index contributed by atoms with van der Waals surface area (Å²) in [7, 11) is 1.55. The molecule has 3 amide bonds. The number of amides is 3. The molecule has 0 bridgehead atoms. The second kappa shape index (κ2) is 14.8. The maximum atomic E-state index is 13.1. The fourth-order valence-corrected chi connectivity index (χ4v) is 4.40. The molecular formula is C30H32ClN5O5. The van der Waals surface area contributed by atoms with Gasteiger partial charge in [0.05, 0.1) is 13.7 Å². The van der Waals surface area contributed by atoms with Crippen LogP contribution in [0.15, 0.2) is 72.9 Å². The highest BCUT2D eigenvalue weighted by Crippen LogP contribution is 2.19. The van der Waals surface area contributed by atoms with Crippen LogP contribution in [0.5, 0.6) is 11.8 Å². The predicted octanol–water partition coefficient (Wildman–Crippen LogP) is 3.07. The molecule has 3 aromatic rings. The molecule has 11 heteroatoms. The summed E-state index contributed by atoms with van der Waals surface area (Å²) in [4.78, 5) is 48.8. The lowest BCUT2D eigenvalue weighted by atomic mass is 10.1. The number of hydrogen-bond donors (Lipinski definition) is 2. The number of halogens is 1. The van der Waals surface area contributed by atoms with E-state index in [4.69, 9.17) is 21.1 Å². The summed E-state index contributed by atoms with van der Waals surface area (Å²) < 4.78 is 11.1. The van der Waals surface area contributed by atoms with Crippen LogP contribution in [0, 0.1) is 0 Å². The molecule has 1 aliphatic rings. The number of likely N-dealkylation sites (tertiary alicyclic amines) is 1. The Morgan fingerprint density at radius 2 is 1.80 bits per heavy atom. The molecule has 10 nitrogen and oxygen atoms in total. The van der Waals surface area contributed by atoms with Crippen molar-refractivity contribution in [3.63, 3.8) is 0 Å². The molecule has 0 saturated carbocycles.